The summed E-state index contributed by atoms with van der Waals surface area (Å²) < 4.78 is 1.75. The highest BCUT2D eigenvalue weighted by Crippen LogP contribution is 2.21. The van der Waals surface area contributed by atoms with Crippen molar-refractivity contribution in [3.05, 3.63) is 41.2 Å². The van der Waals surface area contributed by atoms with Gasteiger partial charge in [-0.05, 0) is 38.8 Å². The maximum atomic E-state index is 12.3. The molecule has 0 unspecified atom stereocenters. The van der Waals surface area contributed by atoms with Gasteiger partial charge in [-0.25, -0.2) is 4.68 Å². The summed E-state index contributed by atoms with van der Waals surface area (Å²) in [7, 11) is 0. The van der Waals surface area contributed by atoms with E-state index in [1.54, 1.807) is 4.68 Å². The zero-order chi connectivity index (χ0) is 15.6. The number of nitrogens with one attached hydrogen (secondary N) is 1. The van der Waals surface area contributed by atoms with Crippen LogP contribution in [-0.2, 0) is 0 Å². The molecule has 0 aliphatic rings. The summed E-state index contributed by atoms with van der Waals surface area (Å²) in [4.78, 5) is 12.3. The van der Waals surface area contributed by atoms with E-state index in [0.29, 0.717) is 5.69 Å². The van der Waals surface area contributed by atoms with Gasteiger partial charge in [0.25, 0.3) is 5.91 Å². The molecule has 1 aromatic carbocycles. The van der Waals surface area contributed by atoms with Crippen LogP contribution in [0.1, 0.15) is 55.4 Å². The van der Waals surface area contributed by atoms with Gasteiger partial charge in [-0.2, -0.15) is 0 Å². The molecule has 0 aliphatic heterocycles. The second kappa shape index (κ2) is 6.08. The topological polar surface area (TPSA) is 59.8 Å². The first-order chi connectivity index (χ1) is 9.90. The summed E-state index contributed by atoms with van der Waals surface area (Å²) in [5.41, 5.74) is 3.33. The molecular formula is C16H22N4O. The van der Waals surface area contributed by atoms with Gasteiger partial charge < -0.3 is 5.32 Å². The van der Waals surface area contributed by atoms with E-state index in [1.165, 1.54) is 5.56 Å². The maximum Gasteiger partial charge on any atom is 0.273 e. The first kappa shape index (κ1) is 15.2. The molecule has 0 fully saturated rings. The van der Waals surface area contributed by atoms with Gasteiger partial charge in [0.15, 0.2) is 5.69 Å². The number of benzene rings is 1. The van der Waals surface area contributed by atoms with Crippen molar-refractivity contribution in [2.75, 3.05) is 0 Å². The van der Waals surface area contributed by atoms with Crippen LogP contribution in [0.25, 0.3) is 5.69 Å². The fourth-order valence-corrected chi connectivity index (χ4v) is 2.18. The Morgan fingerprint density at radius 2 is 1.76 bits per heavy atom. The Kier molecular flexibility index (Phi) is 4.40. The maximum absolute atomic E-state index is 12.3. The third-order valence-electron chi connectivity index (χ3n) is 3.17. The van der Waals surface area contributed by atoms with E-state index in [0.717, 1.165) is 11.4 Å². The molecule has 0 saturated carbocycles. The van der Waals surface area contributed by atoms with E-state index in [1.807, 2.05) is 58.9 Å². The van der Waals surface area contributed by atoms with Crippen LogP contribution in [0, 0.1) is 6.92 Å². The summed E-state index contributed by atoms with van der Waals surface area (Å²) >= 11 is 0. The van der Waals surface area contributed by atoms with E-state index < -0.39 is 0 Å². The number of carbonyl (C=O) groups excluding carboxylic acids is 1. The van der Waals surface area contributed by atoms with Gasteiger partial charge >= 0.3 is 0 Å². The third-order valence-corrected chi connectivity index (χ3v) is 3.17. The summed E-state index contributed by atoms with van der Waals surface area (Å²) in [6.07, 6.45) is 0. The highest BCUT2D eigenvalue weighted by Gasteiger charge is 2.23. The minimum absolute atomic E-state index is 0.0713. The molecule has 0 atom stereocenters. The minimum Gasteiger partial charge on any atom is -0.348 e. The normalized spacial score (nSPS) is 11.2. The number of aryl methyl sites for hydroxylation is 1. The number of amides is 1. The van der Waals surface area contributed by atoms with E-state index in [9.17, 15) is 4.79 Å². The van der Waals surface area contributed by atoms with Gasteiger partial charge in [0.1, 0.15) is 0 Å². The van der Waals surface area contributed by atoms with Crippen molar-refractivity contribution in [1.29, 1.82) is 0 Å². The summed E-state index contributed by atoms with van der Waals surface area (Å²) in [6.45, 7) is 9.97. The standard InChI is InChI=1S/C16H22N4O/c1-10(2)15-14(16(21)17-11(3)4)18-19-20(15)13-8-6-12(5)7-9-13/h6-11H,1-5H3,(H,17,21). The molecule has 0 saturated heterocycles. The van der Waals surface area contributed by atoms with Crippen molar-refractivity contribution in [1.82, 2.24) is 20.3 Å². The zero-order valence-corrected chi connectivity index (χ0v) is 13.2. The molecule has 1 heterocycles. The molecule has 0 spiro atoms. The van der Waals surface area contributed by atoms with E-state index in [2.05, 4.69) is 15.6 Å². The van der Waals surface area contributed by atoms with Gasteiger partial charge in [-0.15, -0.1) is 5.10 Å². The molecule has 1 aromatic heterocycles. The summed E-state index contributed by atoms with van der Waals surface area (Å²) in [5, 5.41) is 11.1. The number of carbonyl (C=O) groups is 1. The van der Waals surface area contributed by atoms with Crippen LogP contribution >= 0.6 is 0 Å². The lowest BCUT2D eigenvalue weighted by Gasteiger charge is -2.12. The molecule has 1 N–H and O–H groups in total. The first-order valence-corrected chi connectivity index (χ1v) is 7.23. The SMILES string of the molecule is Cc1ccc(-n2nnc(C(=O)NC(C)C)c2C(C)C)cc1. The Morgan fingerprint density at radius 1 is 1.14 bits per heavy atom. The number of hydrogen-bond donors (Lipinski definition) is 1. The number of aromatic nitrogens is 3. The lowest BCUT2D eigenvalue weighted by atomic mass is 10.1. The predicted octanol–water partition coefficient (Wildman–Crippen LogP) is 2.84. The van der Waals surface area contributed by atoms with Crippen molar-refractivity contribution in [2.24, 2.45) is 0 Å². The fraction of sp³-hybridized carbons (Fsp3) is 0.438. The molecule has 0 bridgehead atoms. The molecule has 1 amide bonds. The molecular weight excluding hydrogens is 264 g/mol. The smallest absolute Gasteiger partial charge is 0.273 e. The van der Waals surface area contributed by atoms with Crippen molar-refractivity contribution in [3.63, 3.8) is 0 Å². The zero-order valence-electron chi connectivity index (χ0n) is 13.2. The van der Waals surface area contributed by atoms with Crippen molar-refractivity contribution < 1.29 is 4.79 Å². The number of hydrogen-bond acceptors (Lipinski definition) is 3. The molecule has 5 nitrogen and oxygen atoms in total. The molecule has 0 aliphatic carbocycles. The minimum atomic E-state index is -0.174. The Hall–Kier alpha value is -2.17. The summed E-state index contributed by atoms with van der Waals surface area (Å²) in [6, 6.07) is 8.09. The van der Waals surface area contributed by atoms with Crippen molar-refractivity contribution in [2.45, 2.75) is 46.6 Å². The van der Waals surface area contributed by atoms with Crippen LogP contribution in [0.5, 0.6) is 0 Å². The van der Waals surface area contributed by atoms with E-state index in [4.69, 9.17) is 0 Å². The van der Waals surface area contributed by atoms with Crippen molar-refractivity contribution >= 4 is 5.91 Å². The highest BCUT2D eigenvalue weighted by molar-refractivity contribution is 5.93. The molecule has 5 heteroatoms. The van der Waals surface area contributed by atoms with Crippen LogP contribution in [0.3, 0.4) is 0 Å². The third kappa shape index (κ3) is 3.29. The molecule has 112 valence electrons. The van der Waals surface area contributed by atoms with Crippen LogP contribution in [0.4, 0.5) is 0 Å². The van der Waals surface area contributed by atoms with Crippen LogP contribution in [0.15, 0.2) is 24.3 Å². The number of rotatable bonds is 4. The fourth-order valence-electron chi connectivity index (χ4n) is 2.18. The average Bonchev–Trinajstić information content (AvgIpc) is 2.83. The summed E-state index contributed by atoms with van der Waals surface area (Å²) in [5.74, 6) is -0.0266. The quantitative estimate of drug-likeness (QED) is 0.940. The Morgan fingerprint density at radius 3 is 2.29 bits per heavy atom. The second-order valence-corrected chi connectivity index (χ2v) is 5.85. The van der Waals surface area contributed by atoms with E-state index in [-0.39, 0.29) is 17.9 Å². The molecule has 0 radical (unpaired) electrons. The van der Waals surface area contributed by atoms with Crippen LogP contribution in [-0.4, -0.2) is 26.9 Å². The number of nitrogens with zero attached hydrogens (tertiary/aromatic N) is 3. The van der Waals surface area contributed by atoms with Crippen molar-refractivity contribution in [3.8, 4) is 5.69 Å². The van der Waals surface area contributed by atoms with Crippen LogP contribution < -0.4 is 5.32 Å². The van der Waals surface area contributed by atoms with Gasteiger partial charge in [0, 0.05) is 6.04 Å². The monoisotopic (exact) mass is 286 g/mol. The van der Waals surface area contributed by atoms with Gasteiger partial charge in [0.05, 0.1) is 11.4 Å². The van der Waals surface area contributed by atoms with E-state index >= 15 is 0 Å². The van der Waals surface area contributed by atoms with Gasteiger partial charge in [0.2, 0.25) is 0 Å². The average molecular weight is 286 g/mol. The molecule has 2 rings (SSSR count). The molecule has 2 aromatic rings. The van der Waals surface area contributed by atoms with Gasteiger partial charge in [-0.1, -0.05) is 36.8 Å². The lowest BCUT2D eigenvalue weighted by molar-refractivity contribution is 0.0936. The van der Waals surface area contributed by atoms with Gasteiger partial charge in [-0.3, -0.25) is 4.79 Å². The van der Waals surface area contributed by atoms with Crippen LogP contribution in [0.2, 0.25) is 0 Å². The Balaban J connectivity index is 2.46. The Labute approximate surface area is 125 Å². The predicted molar refractivity (Wildman–Crippen MR) is 82.8 cm³/mol. The largest absolute Gasteiger partial charge is 0.348 e. The lowest BCUT2D eigenvalue weighted by Crippen LogP contribution is -2.31. The Bertz CT molecular complexity index is 626. The molecule has 21 heavy (non-hydrogen) atoms. The first-order valence-electron chi connectivity index (χ1n) is 7.23. The second-order valence-electron chi connectivity index (χ2n) is 5.85. The highest BCUT2D eigenvalue weighted by atomic mass is 16.2.